The Morgan fingerprint density at radius 1 is 1.13 bits per heavy atom. The number of fused-ring (bicyclic) bond motifs is 1. The Balaban J connectivity index is 1.88. The Morgan fingerprint density at radius 3 is 2.61 bits per heavy atom. The van der Waals surface area contributed by atoms with E-state index >= 15 is 0 Å². The number of thioether (sulfide) groups is 1. The molecule has 0 bridgehead atoms. The van der Waals surface area contributed by atoms with Gasteiger partial charge in [0.1, 0.15) is 11.3 Å². The van der Waals surface area contributed by atoms with Gasteiger partial charge in [-0.1, -0.05) is 23.9 Å². The molecule has 0 aliphatic heterocycles. The Bertz CT molecular complexity index is 821. The van der Waals surface area contributed by atoms with Gasteiger partial charge in [-0.05, 0) is 36.4 Å². The fourth-order valence-corrected chi connectivity index (χ4v) is 2.62. The molecule has 3 aromatic rings. The molecule has 6 heteroatoms. The summed E-state index contributed by atoms with van der Waals surface area (Å²) in [5.41, 5.74) is 3.08. The van der Waals surface area contributed by atoms with Crippen molar-refractivity contribution in [3.63, 3.8) is 0 Å². The van der Waals surface area contributed by atoms with E-state index in [9.17, 15) is 0 Å². The van der Waals surface area contributed by atoms with E-state index in [1.165, 1.54) is 11.8 Å². The van der Waals surface area contributed by atoms with E-state index in [1.807, 2.05) is 49.8 Å². The Hall–Kier alpha value is -2.34. The zero-order chi connectivity index (χ0) is 16.2. The number of benzene rings is 1. The predicted octanol–water partition coefficient (Wildman–Crippen LogP) is 3.68. The van der Waals surface area contributed by atoms with Crippen LogP contribution in [0.4, 0.5) is 5.82 Å². The molecular formula is C17H18N4OS. The minimum atomic E-state index is 0.674. The van der Waals surface area contributed by atoms with Gasteiger partial charge in [0.05, 0.1) is 7.11 Å². The number of hydrogen-bond acceptors (Lipinski definition) is 6. The third-order valence-electron chi connectivity index (χ3n) is 3.60. The lowest BCUT2D eigenvalue weighted by Gasteiger charge is -2.10. The van der Waals surface area contributed by atoms with Crippen LogP contribution in [-0.2, 0) is 6.54 Å². The van der Waals surface area contributed by atoms with Crippen LogP contribution in [0.15, 0.2) is 41.8 Å². The molecule has 2 aromatic heterocycles. The van der Waals surface area contributed by atoms with Crippen LogP contribution in [-0.4, -0.2) is 28.3 Å². The summed E-state index contributed by atoms with van der Waals surface area (Å²) in [4.78, 5) is 13.4. The number of aryl methyl sites for hydroxylation is 1. The smallest absolute Gasteiger partial charge is 0.187 e. The van der Waals surface area contributed by atoms with Crippen LogP contribution in [0.5, 0.6) is 5.75 Å². The van der Waals surface area contributed by atoms with Gasteiger partial charge < -0.3 is 10.1 Å². The van der Waals surface area contributed by atoms with Crippen molar-refractivity contribution < 1.29 is 4.74 Å². The topological polar surface area (TPSA) is 59.9 Å². The molecule has 0 saturated carbocycles. The van der Waals surface area contributed by atoms with Gasteiger partial charge in [0.15, 0.2) is 11.0 Å². The van der Waals surface area contributed by atoms with E-state index in [0.29, 0.717) is 6.54 Å². The lowest BCUT2D eigenvalue weighted by Crippen LogP contribution is -2.04. The summed E-state index contributed by atoms with van der Waals surface area (Å²) in [7, 11) is 1.67. The molecule has 0 aliphatic rings. The van der Waals surface area contributed by atoms with Gasteiger partial charge in [-0.15, -0.1) is 0 Å². The molecule has 5 nitrogen and oxygen atoms in total. The van der Waals surface area contributed by atoms with E-state index < -0.39 is 0 Å². The lowest BCUT2D eigenvalue weighted by molar-refractivity contribution is 0.414. The average molecular weight is 326 g/mol. The summed E-state index contributed by atoms with van der Waals surface area (Å²) in [6.45, 7) is 2.69. The van der Waals surface area contributed by atoms with E-state index in [-0.39, 0.29) is 0 Å². The van der Waals surface area contributed by atoms with Crippen molar-refractivity contribution in [3.05, 3.63) is 47.8 Å². The molecule has 0 fully saturated rings. The van der Waals surface area contributed by atoms with Crippen LogP contribution in [0.3, 0.4) is 0 Å². The third kappa shape index (κ3) is 3.37. The zero-order valence-electron chi connectivity index (χ0n) is 13.3. The first-order valence-electron chi connectivity index (χ1n) is 7.24. The standard InChI is InChI=1S/C17H18N4OS/c1-11-8-18-16(15-14(11)10-20-17(21-15)23-3)19-9-12-4-6-13(22-2)7-5-12/h4-8,10H,9H2,1-3H3,(H,18,19). The number of ether oxygens (including phenoxy) is 1. The summed E-state index contributed by atoms with van der Waals surface area (Å²) in [5.74, 6) is 1.63. The molecule has 0 aliphatic carbocycles. The lowest BCUT2D eigenvalue weighted by atomic mass is 10.2. The molecule has 2 heterocycles. The number of pyridine rings is 1. The van der Waals surface area contributed by atoms with Crippen LogP contribution in [0.25, 0.3) is 10.9 Å². The van der Waals surface area contributed by atoms with Crippen molar-refractivity contribution in [2.24, 2.45) is 0 Å². The largest absolute Gasteiger partial charge is 0.497 e. The number of nitrogens with zero attached hydrogens (tertiary/aromatic N) is 3. The SMILES string of the molecule is COc1ccc(CNc2ncc(C)c3cnc(SC)nc23)cc1. The number of nitrogens with one attached hydrogen (secondary N) is 1. The van der Waals surface area contributed by atoms with Gasteiger partial charge in [-0.25, -0.2) is 15.0 Å². The molecule has 0 saturated heterocycles. The van der Waals surface area contributed by atoms with Crippen LogP contribution < -0.4 is 10.1 Å². The second-order valence-corrected chi connectivity index (χ2v) is 5.88. The molecule has 3 rings (SSSR count). The Kier molecular flexibility index (Phi) is 4.62. The molecular weight excluding hydrogens is 308 g/mol. The van der Waals surface area contributed by atoms with Crippen molar-refractivity contribution in [1.82, 2.24) is 15.0 Å². The van der Waals surface area contributed by atoms with E-state index in [4.69, 9.17) is 4.74 Å². The molecule has 118 valence electrons. The molecule has 0 atom stereocenters. The maximum absolute atomic E-state index is 5.18. The monoisotopic (exact) mass is 326 g/mol. The van der Waals surface area contributed by atoms with Crippen LogP contribution in [0, 0.1) is 6.92 Å². The van der Waals surface area contributed by atoms with Gasteiger partial charge >= 0.3 is 0 Å². The number of rotatable bonds is 5. The molecule has 23 heavy (non-hydrogen) atoms. The van der Waals surface area contributed by atoms with Gasteiger partial charge in [-0.2, -0.15) is 0 Å². The van der Waals surface area contributed by atoms with Crippen molar-refractivity contribution in [2.75, 3.05) is 18.7 Å². The molecule has 0 spiro atoms. The average Bonchev–Trinajstić information content (AvgIpc) is 2.61. The second kappa shape index (κ2) is 6.83. The fraction of sp³-hybridized carbons (Fsp3) is 0.235. The maximum Gasteiger partial charge on any atom is 0.187 e. The highest BCUT2D eigenvalue weighted by Gasteiger charge is 2.09. The summed E-state index contributed by atoms with van der Waals surface area (Å²) in [6, 6.07) is 7.96. The summed E-state index contributed by atoms with van der Waals surface area (Å²) in [6.07, 6.45) is 5.68. The van der Waals surface area contributed by atoms with E-state index in [2.05, 4.69) is 20.3 Å². The molecule has 0 unspecified atom stereocenters. The number of hydrogen-bond donors (Lipinski definition) is 1. The third-order valence-corrected chi connectivity index (χ3v) is 4.17. The molecule has 0 radical (unpaired) electrons. The molecule has 0 amide bonds. The van der Waals surface area contributed by atoms with Crippen molar-refractivity contribution in [1.29, 1.82) is 0 Å². The van der Waals surface area contributed by atoms with Crippen molar-refractivity contribution in [2.45, 2.75) is 18.6 Å². The van der Waals surface area contributed by atoms with E-state index in [1.54, 1.807) is 7.11 Å². The van der Waals surface area contributed by atoms with Crippen LogP contribution in [0.2, 0.25) is 0 Å². The normalized spacial score (nSPS) is 10.7. The number of aromatic nitrogens is 3. The van der Waals surface area contributed by atoms with Crippen LogP contribution in [0.1, 0.15) is 11.1 Å². The molecule has 1 N–H and O–H groups in total. The first-order chi connectivity index (χ1) is 11.2. The number of anilines is 1. The van der Waals surface area contributed by atoms with Crippen LogP contribution >= 0.6 is 11.8 Å². The van der Waals surface area contributed by atoms with Crippen molar-refractivity contribution >= 4 is 28.5 Å². The van der Waals surface area contributed by atoms with E-state index in [0.717, 1.165) is 38.8 Å². The summed E-state index contributed by atoms with van der Waals surface area (Å²) >= 11 is 1.53. The highest BCUT2D eigenvalue weighted by molar-refractivity contribution is 7.98. The quantitative estimate of drug-likeness (QED) is 0.570. The Morgan fingerprint density at radius 2 is 1.91 bits per heavy atom. The minimum absolute atomic E-state index is 0.674. The highest BCUT2D eigenvalue weighted by atomic mass is 32.2. The molecule has 1 aromatic carbocycles. The first kappa shape index (κ1) is 15.6. The second-order valence-electron chi connectivity index (χ2n) is 5.11. The minimum Gasteiger partial charge on any atom is -0.497 e. The predicted molar refractivity (Wildman–Crippen MR) is 94.2 cm³/mol. The first-order valence-corrected chi connectivity index (χ1v) is 8.47. The van der Waals surface area contributed by atoms with Gasteiger partial charge in [0.2, 0.25) is 0 Å². The van der Waals surface area contributed by atoms with Gasteiger partial charge in [0, 0.05) is 24.3 Å². The highest BCUT2D eigenvalue weighted by Crippen LogP contribution is 2.24. The number of methoxy groups -OCH3 is 1. The van der Waals surface area contributed by atoms with Gasteiger partial charge in [-0.3, -0.25) is 0 Å². The summed E-state index contributed by atoms with van der Waals surface area (Å²) < 4.78 is 5.18. The van der Waals surface area contributed by atoms with Gasteiger partial charge in [0.25, 0.3) is 0 Å². The summed E-state index contributed by atoms with van der Waals surface area (Å²) in [5, 5.41) is 5.14. The Labute approximate surface area is 139 Å². The fourth-order valence-electron chi connectivity index (χ4n) is 2.28. The van der Waals surface area contributed by atoms with Crippen molar-refractivity contribution in [3.8, 4) is 5.75 Å². The zero-order valence-corrected chi connectivity index (χ0v) is 14.1. The maximum atomic E-state index is 5.18.